The van der Waals surface area contributed by atoms with Crippen molar-refractivity contribution in [1.29, 1.82) is 0 Å². The maximum absolute atomic E-state index is 12.7. The summed E-state index contributed by atoms with van der Waals surface area (Å²) in [6, 6.07) is 25.5. The first-order chi connectivity index (χ1) is 17.0. The molecular formula is C28H20ClN3O2S. The lowest BCUT2D eigenvalue weighted by Crippen LogP contribution is -2.18. The van der Waals surface area contributed by atoms with E-state index in [1.54, 1.807) is 6.07 Å². The van der Waals surface area contributed by atoms with Crippen LogP contribution in [0.4, 0.5) is 5.13 Å². The molecule has 0 aliphatic carbocycles. The van der Waals surface area contributed by atoms with Gasteiger partial charge in [-0.3, -0.25) is 0 Å². The highest BCUT2D eigenvalue weighted by Gasteiger charge is 2.32. The van der Waals surface area contributed by atoms with Crippen LogP contribution in [0, 0.1) is 6.92 Å². The Hall–Kier alpha value is -3.74. The second-order valence-electron chi connectivity index (χ2n) is 8.53. The Morgan fingerprint density at radius 1 is 1.03 bits per heavy atom. The first-order valence-electron chi connectivity index (χ1n) is 11.2. The third-order valence-corrected chi connectivity index (χ3v) is 7.24. The van der Waals surface area contributed by atoms with E-state index in [2.05, 4.69) is 31.2 Å². The molecule has 0 bridgehead atoms. The molecule has 1 aliphatic heterocycles. The molecule has 1 unspecified atom stereocenters. The number of hydrazone groups is 1. The van der Waals surface area contributed by atoms with Crippen molar-refractivity contribution >= 4 is 44.8 Å². The second-order valence-corrected chi connectivity index (χ2v) is 9.80. The smallest absolute Gasteiger partial charge is 0.345 e. The van der Waals surface area contributed by atoms with E-state index in [9.17, 15) is 4.79 Å². The van der Waals surface area contributed by atoms with Crippen LogP contribution in [0.15, 0.2) is 98.6 Å². The van der Waals surface area contributed by atoms with Crippen molar-refractivity contribution in [3.8, 4) is 11.3 Å². The lowest BCUT2D eigenvalue weighted by molar-refractivity contribution is 0.563. The van der Waals surface area contributed by atoms with Gasteiger partial charge in [0.25, 0.3) is 0 Å². The molecule has 0 N–H and O–H groups in total. The molecule has 1 atom stereocenters. The van der Waals surface area contributed by atoms with Gasteiger partial charge in [-0.2, -0.15) is 5.10 Å². The van der Waals surface area contributed by atoms with E-state index in [1.807, 2.05) is 58.9 Å². The molecule has 5 aromatic rings. The average Bonchev–Trinajstić information content (AvgIpc) is 3.52. The third kappa shape index (κ3) is 4.16. The summed E-state index contributed by atoms with van der Waals surface area (Å²) in [6.07, 6.45) is 0.734. The van der Waals surface area contributed by atoms with Crippen LogP contribution < -0.4 is 10.6 Å². The van der Waals surface area contributed by atoms with Crippen molar-refractivity contribution in [3.63, 3.8) is 0 Å². The van der Waals surface area contributed by atoms with Gasteiger partial charge in [-0.25, -0.2) is 14.8 Å². The molecule has 0 spiro atoms. The molecule has 6 rings (SSSR count). The molecule has 0 saturated carbocycles. The van der Waals surface area contributed by atoms with E-state index in [0.717, 1.165) is 33.8 Å². The standard InChI is InChI=1S/C28H20ClN3O2S/c1-17-6-8-19(9-7-17)25-15-23(18-10-12-21(29)13-11-18)31-32(25)28-30-24(16-35-28)22-14-20-4-2-3-5-26(20)34-27(22)33/h2-14,16,25H,15H2,1H3. The summed E-state index contributed by atoms with van der Waals surface area (Å²) in [5.74, 6) is 0. The molecule has 3 heterocycles. The summed E-state index contributed by atoms with van der Waals surface area (Å²) in [5.41, 5.74) is 5.55. The monoisotopic (exact) mass is 497 g/mol. The van der Waals surface area contributed by atoms with E-state index in [-0.39, 0.29) is 6.04 Å². The van der Waals surface area contributed by atoms with Gasteiger partial charge in [-0.15, -0.1) is 11.3 Å². The van der Waals surface area contributed by atoms with Gasteiger partial charge < -0.3 is 4.42 Å². The van der Waals surface area contributed by atoms with Crippen LogP contribution >= 0.6 is 22.9 Å². The molecule has 35 heavy (non-hydrogen) atoms. The summed E-state index contributed by atoms with van der Waals surface area (Å²) in [5, 5.41) is 11.1. The molecule has 0 radical (unpaired) electrons. The first kappa shape index (κ1) is 21.8. The number of halogens is 1. The fourth-order valence-corrected chi connectivity index (χ4v) is 5.24. The summed E-state index contributed by atoms with van der Waals surface area (Å²) in [7, 11) is 0. The first-order valence-corrected chi connectivity index (χ1v) is 12.5. The molecule has 2 aromatic heterocycles. The third-order valence-electron chi connectivity index (χ3n) is 6.16. The Balaban J connectivity index is 1.41. The molecule has 0 saturated heterocycles. The Morgan fingerprint density at radius 2 is 1.80 bits per heavy atom. The number of fused-ring (bicyclic) bond motifs is 1. The maximum Gasteiger partial charge on any atom is 0.345 e. The van der Waals surface area contributed by atoms with E-state index in [1.165, 1.54) is 16.9 Å². The summed E-state index contributed by atoms with van der Waals surface area (Å²) < 4.78 is 5.53. The average molecular weight is 498 g/mol. The highest BCUT2D eigenvalue weighted by Crippen LogP contribution is 2.39. The minimum absolute atomic E-state index is 0.00621. The van der Waals surface area contributed by atoms with Gasteiger partial charge >= 0.3 is 5.63 Å². The molecule has 3 aromatic carbocycles. The van der Waals surface area contributed by atoms with Crippen molar-refractivity contribution < 1.29 is 4.42 Å². The molecule has 0 fully saturated rings. The zero-order chi connectivity index (χ0) is 23.9. The van der Waals surface area contributed by atoms with Crippen LogP contribution in [0.5, 0.6) is 0 Å². The second kappa shape index (κ2) is 8.80. The normalized spacial score (nSPS) is 15.5. The largest absolute Gasteiger partial charge is 0.422 e. The SMILES string of the molecule is Cc1ccc(C2CC(c3ccc(Cl)cc3)=NN2c2nc(-c3cc4ccccc4oc3=O)cs2)cc1. The zero-order valence-electron chi connectivity index (χ0n) is 18.8. The number of hydrogen-bond donors (Lipinski definition) is 0. The Morgan fingerprint density at radius 3 is 2.60 bits per heavy atom. The highest BCUT2D eigenvalue weighted by molar-refractivity contribution is 7.14. The summed E-state index contributed by atoms with van der Waals surface area (Å²) in [4.78, 5) is 17.5. The number of aromatic nitrogens is 1. The lowest BCUT2D eigenvalue weighted by atomic mass is 9.98. The van der Waals surface area contributed by atoms with E-state index < -0.39 is 5.63 Å². The van der Waals surface area contributed by atoms with Crippen LogP contribution in [-0.2, 0) is 0 Å². The highest BCUT2D eigenvalue weighted by atomic mass is 35.5. The summed E-state index contributed by atoms with van der Waals surface area (Å²) >= 11 is 7.56. The van der Waals surface area contributed by atoms with Crippen molar-refractivity contribution in [1.82, 2.24) is 4.98 Å². The number of nitrogens with zero attached hydrogens (tertiary/aromatic N) is 3. The number of benzene rings is 3. The molecule has 1 aliphatic rings. The lowest BCUT2D eigenvalue weighted by Gasteiger charge is -2.21. The van der Waals surface area contributed by atoms with Crippen LogP contribution in [-0.4, -0.2) is 10.7 Å². The Kier molecular flexibility index (Phi) is 5.47. The minimum atomic E-state index is -0.401. The predicted molar refractivity (Wildman–Crippen MR) is 143 cm³/mol. The van der Waals surface area contributed by atoms with Gasteiger partial charge in [0.05, 0.1) is 23.0 Å². The van der Waals surface area contributed by atoms with Crippen molar-refractivity contribution in [3.05, 3.63) is 116 Å². The van der Waals surface area contributed by atoms with Crippen LogP contribution in [0.2, 0.25) is 5.02 Å². The van der Waals surface area contributed by atoms with Gasteiger partial charge in [0.1, 0.15) is 5.58 Å². The summed E-state index contributed by atoms with van der Waals surface area (Å²) in [6.45, 7) is 2.08. The van der Waals surface area contributed by atoms with Gasteiger partial charge in [-0.1, -0.05) is 71.8 Å². The predicted octanol–water partition coefficient (Wildman–Crippen LogP) is 7.23. The molecule has 172 valence electrons. The fraction of sp³-hybridized carbons (Fsp3) is 0.107. The molecular weight excluding hydrogens is 478 g/mol. The number of thiazole rings is 1. The van der Waals surface area contributed by atoms with E-state index in [4.69, 9.17) is 26.1 Å². The fourth-order valence-electron chi connectivity index (χ4n) is 4.29. The van der Waals surface area contributed by atoms with Gasteiger partial charge in [0.15, 0.2) is 0 Å². The molecule has 0 amide bonds. The van der Waals surface area contributed by atoms with Crippen molar-refractivity contribution in [2.45, 2.75) is 19.4 Å². The van der Waals surface area contributed by atoms with Crippen molar-refractivity contribution in [2.75, 3.05) is 5.01 Å². The molecule has 5 nitrogen and oxygen atoms in total. The topological polar surface area (TPSA) is 58.7 Å². The zero-order valence-corrected chi connectivity index (χ0v) is 20.4. The van der Waals surface area contributed by atoms with Gasteiger partial charge in [0.2, 0.25) is 5.13 Å². The minimum Gasteiger partial charge on any atom is -0.422 e. The quantitative estimate of drug-likeness (QED) is 0.246. The number of rotatable bonds is 4. The van der Waals surface area contributed by atoms with E-state index in [0.29, 0.717) is 21.9 Å². The van der Waals surface area contributed by atoms with Crippen LogP contribution in [0.3, 0.4) is 0 Å². The van der Waals surface area contributed by atoms with Crippen molar-refractivity contribution in [2.24, 2.45) is 5.10 Å². The van der Waals surface area contributed by atoms with Gasteiger partial charge in [0, 0.05) is 22.2 Å². The van der Waals surface area contributed by atoms with Crippen LogP contribution in [0.1, 0.15) is 29.2 Å². The maximum atomic E-state index is 12.7. The van der Waals surface area contributed by atoms with E-state index >= 15 is 0 Å². The number of aryl methyl sites for hydroxylation is 1. The Labute approximate surface area is 210 Å². The van der Waals surface area contributed by atoms with Gasteiger partial charge in [-0.05, 0) is 42.3 Å². The molecule has 7 heteroatoms. The number of para-hydroxylation sites is 1. The Bertz CT molecular complexity index is 1620. The number of anilines is 1. The number of hydrogen-bond acceptors (Lipinski definition) is 6. The van der Waals surface area contributed by atoms with Crippen LogP contribution in [0.25, 0.3) is 22.2 Å².